The third-order valence-electron chi connectivity index (χ3n) is 1.12. The maximum Gasteiger partial charge on any atom is 0.262 e. The minimum atomic E-state index is -0.0624. The minimum Gasteiger partial charge on any atom is -0.354 e. The molecule has 0 saturated heterocycles. The van der Waals surface area contributed by atoms with Crippen molar-refractivity contribution in [2.75, 3.05) is 7.05 Å². The quantitative estimate of drug-likeness (QED) is 0.848. The molecule has 0 aliphatic carbocycles. The molecule has 11 heavy (non-hydrogen) atoms. The van der Waals surface area contributed by atoms with Gasteiger partial charge in [0.25, 0.3) is 5.91 Å². The number of carbonyl (C=O) groups is 1. The molecule has 1 aromatic rings. The van der Waals surface area contributed by atoms with Gasteiger partial charge in [-0.25, -0.2) is 0 Å². The van der Waals surface area contributed by atoms with Crippen molar-refractivity contribution < 1.29 is 4.79 Å². The summed E-state index contributed by atoms with van der Waals surface area (Å²) in [7, 11) is 1.61. The summed E-state index contributed by atoms with van der Waals surface area (Å²) in [4.78, 5) is 11.8. The lowest BCUT2D eigenvalue weighted by molar-refractivity contribution is 0.0966. The highest BCUT2D eigenvalue weighted by Crippen LogP contribution is 2.32. The molecule has 0 spiro atoms. The van der Waals surface area contributed by atoms with Crippen LogP contribution < -0.4 is 5.32 Å². The first-order valence-electron chi connectivity index (χ1n) is 2.81. The lowest BCUT2D eigenvalue weighted by Gasteiger charge is -1.94. The zero-order valence-corrected chi connectivity index (χ0v) is 9.64. The van der Waals surface area contributed by atoms with E-state index >= 15 is 0 Å². The van der Waals surface area contributed by atoms with Crippen LogP contribution >= 0.6 is 43.2 Å². The van der Waals surface area contributed by atoms with E-state index in [1.165, 1.54) is 11.3 Å². The SMILES string of the molecule is CNC(=O)c1scc(Br)c1Br. The van der Waals surface area contributed by atoms with Crippen LogP contribution in [0.2, 0.25) is 0 Å². The molecule has 60 valence electrons. The van der Waals surface area contributed by atoms with Crippen molar-refractivity contribution in [2.24, 2.45) is 0 Å². The van der Waals surface area contributed by atoms with Gasteiger partial charge in [0.1, 0.15) is 4.88 Å². The number of hydrogen-bond donors (Lipinski definition) is 1. The lowest BCUT2D eigenvalue weighted by Crippen LogP contribution is -2.16. The van der Waals surface area contributed by atoms with E-state index in [4.69, 9.17) is 0 Å². The van der Waals surface area contributed by atoms with E-state index in [9.17, 15) is 4.79 Å². The Hall–Kier alpha value is 0.130. The van der Waals surface area contributed by atoms with Crippen LogP contribution in [0, 0.1) is 0 Å². The minimum absolute atomic E-state index is 0.0624. The van der Waals surface area contributed by atoms with Crippen molar-refractivity contribution in [3.63, 3.8) is 0 Å². The Morgan fingerprint density at radius 1 is 1.64 bits per heavy atom. The first kappa shape index (κ1) is 9.22. The van der Waals surface area contributed by atoms with E-state index in [1.807, 2.05) is 5.38 Å². The van der Waals surface area contributed by atoms with Crippen LogP contribution in [-0.4, -0.2) is 13.0 Å². The molecule has 0 fully saturated rings. The van der Waals surface area contributed by atoms with Crippen LogP contribution in [0.3, 0.4) is 0 Å². The Labute approximate surface area is 85.2 Å². The standard InChI is InChI=1S/C6H5Br2NOS/c1-9-6(10)5-4(8)3(7)2-11-5/h2H,1H3,(H,9,10). The number of hydrogen-bond acceptors (Lipinski definition) is 2. The van der Waals surface area contributed by atoms with Crippen molar-refractivity contribution >= 4 is 49.1 Å². The van der Waals surface area contributed by atoms with Gasteiger partial charge < -0.3 is 5.32 Å². The number of nitrogens with one attached hydrogen (secondary N) is 1. The summed E-state index contributed by atoms with van der Waals surface area (Å²) >= 11 is 7.99. The molecule has 1 N–H and O–H groups in total. The van der Waals surface area contributed by atoms with Crippen LogP contribution in [-0.2, 0) is 0 Å². The van der Waals surface area contributed by atoms with Gasteiger partial charge in [-0.3, -0.25) is 4.79 Å². The number of halogens is 2. The van der Waals surface area contributed by atoms with E-state index < -0.39 is 0 Å². The first-order chi connectivity index (χ1) is 5.16. The molecule has 0 aliphatic rings. The highest BCUT2D eigenvalue weighted by molar-refractivity contribution is 9.13. The van der Waals surface area contributed by atoms with Crippen molar-refractivity contribution in [3.05, 3.63) is 19.2 Å². The summed E-state index contributed by atoms with van der Waals surface area (Å²) in [6, 6.07) is 0. The molecular formula is C6H5Br2NOS. The molecule has 1 rings (SSSR count). The predicted molar refractivity (Wildman–Crippen MR) is 53.1 cm³/mol. The summed E-state index contributed by atoms with van der Waals surface area (Å²) in [5, 5.41) is 4.43. The van der Waals surface area contributed by atoms with Crippen LogP contribution in [0.5, 0.6) is 0 Å². The molecule has 1 heterocycles. The van der Waals surface area contributed by atoms with Crippen molar-refractivity contribution in [3.8, 4) is 0 Å². The lowest BCUT2D eigenvalue weighted by atomic mass is 10.4. The third-order valence-corrected chi connectivity index (χ3v) is 4.65. The van der Waals surface area contributed by atoms with Crippen LogP contribution in [0.4, 0.5) is 0 Å². The maximum absolute atomic E-state index is 11.1. The fourth-order valence-electron chi connectivity index (χ4n) is 0.589. The van der Waals surface area contributed by atoms with Crippen LogP contribution in [0.15, 0.2) is 14.3 Å². The van der Waals surface area contributed by atoms with Gasteiger partial charge in [-0.1, -0.05) is 0 Å². The number of rotatable bonds is 1. The normalized spacial score (nSPS) is 9.73. The van der Waals surface area contributed by atoms with Crippen LogP contribution in [0.25, 0.3) is 0 Å². The number of amides is 1. The Balaban J connectivity index is 3.04. The van der Waals surface area contributed by atoms with Crippen molar-refractivity contribution in [2.45, 2.75) is 0 Å². The summed E-state index contributed by atoms with van der Waals surface area (Å²) in [6.45, 7) is 0. The summed E-state index contributed by atoms with van der Waals surface area (Å²) in [5.41, 5.74) is 0. The monoisotopic (exact) mass is 297 g/mol. The summed E-state index contributed by atoms with van der Waals surface area (Å²) < 4.78 is 1.74. The van der Waals surface area contributed by atoms with E-state index in [1.54, 1.807) is 7.05 Å². The fourth-order valence-corrected chi connectivity index (χ4v) is 2.69. The van der Waals surface area contributed by atoms with Crippen molar-refractivity contribution in [1.29, 1.82) is 0 Å². The molecule has 5 heteroatoms. The van der Waals surface area contributed by atoms with Crippen molar-refractivity contribution in [1.82, 2.24) is 5.32 Å². The van der Waals surface area contributed by atoms with Gasteiger partial charge >= 0.3 is 0 Å². The zero-order valence-electron chi connectivity index (χ0n) is 5.65. The molecule has 1 amide bonds. The molecule has 1 aromatic heterocycles. The van der Waals surface area contributed by atoms with Gasteiger partial charge in [0.15, 0.2) is 0 Å². The number of carbonyl (C=O) groups excluding carboxylic acids is 1. The average Bonchev–Trinajstić information content (AvgIpc) is 2.32. The summed E-state index contributed by atoms with van der Waals surface area (Å²) in [6.07, 6.45) is 0. The van der Waals surface area contributed by atoms with Gasteiger partial charge in [0, 0.05) is 16.9 Å². The second kappa shape index (κ2) is 3.69. The van der Waals surface area contributed by atoms with Gasteiger partial charge in [-0.2, -0.15) is 0 Å². The van der Waals surface area contributed by atoms with E-state index in [0.29, 0.717) is 4.88 Å². The molecule has 0 bridgehead atoms. The second-order valence-corrected chi connectivity index (χ2v) is 4.33. The largest absolute Gasteiger partial charge is 0.354 e. The Morgan fingerprint density at radius 2 is 2.27 bits per heavy atom. The Kier molecular flexibility index (Phi) is 3.09. The first-order valence-corrected chi connectivity index (χ1v) is 5.28. The molecule has 0 aromatic carbocycles. The maximum atomic E-state index is 11.1. The molecule has 0 unspecified atom stereocenters. The Morgan fingerprint density at radius 3 is 2.64 bits per heavy atom. The fraction of sp³-hybridized carbons (Fsp3) is 0.167. The van der Waals surface area contributed by atoms with Gasteiger partial charge in [0.05, 0.1) is 4.47 Å². The predicted octanol–water partition coefficient (Wildman–Crippen LogP) is 2.63. The van der Waals surface area contributed by atoms with Gasteiger partial charge in [-0.05, 0) is 31.9 Å². The van der Waals surface area contributed by atoms with Gasteiger partial charge in [0.2, 0.25) is 0 Å². The molecule has 0 aliphatic heterocycles. The highest BCUT2D eigenvalue weighted by Gasteiger charge is 2.12. The second-order valence-electron chi connectivity index (χ2n) is 1.81. The molecule has 0 radical (unpaired) electrons. The Bertz CT molecular complexity index is 284. The molecule has 0 atom stereocenters. The van der Waals surface area contributed by atoms with E-state index in [0.717, 1.165) is 8.95 Å². The smallest absolute Gasteiger partial charge is 0.262 e. The number of thiophene rings is 1. The zero-order chi connectivity index (χ0) is 8.43. The third kappa shape index (κ3) is 1.83. The van der Waals surface area contributed by atoms with Crippen LogP contribution in [0.1, 0.15) is 9.67 Å². The molecule has 2 nitrogen and oxygen atoms in total. The van der Waals surface area contributed by atoms with E-state index in [-0.39, 0.29) is 5.91 Å². The van der Waals surface area contributed by atoms with E-state index in [2.05, 4.69) is 37.2 Å². The highest BCUT2D eigenvalue weighted by atomic mass is 79.9. The average molecular weight is 299 g/mol. The topological polar surface area (TPSA) is 29.1 Å². The van der Waals surface area contributed by atoms with Gasteiger partial charge in [-0.15, -0.1) is 11.3 Å². The molecular weight excluding hydrogens is 294 g/mol. The summed E-state index contributed by atoms with van der Waals surface area (Å²) in [5.74, 6) is -0.0624. The molecule has 0 saturated carbocycles.